The SMILES string of the molecule is CCC1(CC)CCC(CC(/N=C(/NC(=O)OCC2CCN(C)CC2)N2CCOCC2)C(=O)NC2(C#N)CCCC2)CC1. The van der Waals surface area contributed by atoms with Crippen LogP contribution in [0.2, 0.25) is 0 Å². The van der Waals surface area contributed by atoms with Gasteiger partial charge in [0.1, 0.15) is 11.6 Å². The molecule has 0 radical (unpaired) electrons. The molecule has 4 aliphatic rings. The maximum absolute atomic E-state index is 13.9. The summed E-state index contributed by atoms with van der Waals surface area (Å²) >= 11 is 0. The van der Waals surface area contributed by atoms with Gasteiger partial charge in [-0.3, -0.25) is 10.1 Å². The van der Waals surface area contributed by atoms with Gasteiger partial charge in [-0.15, -0.1) is 0 Å². The van der Waals surface area contributed by atoms with Crippen LogP contribution in [0.15, 0.2) is 4.99 Å². The number of likely N-dealkylation sites (tertiary alicyclic amines) is 1. The summed E-state index contributed by atoms with van der Waals surface area (Å²) in [6.45, 7) is 9.18. The number of rotatable bonds is 9. The second-order valence-electron chi connectivity index (χ2n) is 13.3. The monoisotopic (exact) mass is 586 g/mol. The van der Waals surface area contributed by atoms with Gasteiger partial charge < -0.3 is 24.6 Å². The van der Waals surface area contributed by atoms with Crippen LogP contribution in [0.4, 0.5) is 4.79 Å². The van der Waals surface area contributed by atoms with E-state index < -0.39 is 17.7 Å². The Morgan fingerprint density at radius 2 is 1.64 bits per heavy atom. The first-order valence-corrected chi connectivity index (χ1v) is 16.6. The number of guanidine groups is 1. The molecule has 1 atom stereocenters. The Morgan fingerprint density at radius 3 is 2.24 bits per heavy atom. The predicted molar refractivity (Wildman–Crippen MR) is 163 cm³/mol. The number of carbonyl (C=O) groups excluding carboxylic acids is 2. The Kier molecular flexibility index (Phi) is 11.9. The molecule has 0 spiro atoms. The van der Waals surface area contributed by atoms with E-state index in [1.54, 1.807) is 0 Å². The fraction of sp³-hybridized carbons (Fsp3) is 0.875. The number of hydrogen-bond acceptors (Lipinski definition) is 7. The molecule has 0 aromatic carbocycles. The Morgan fingerprint density at radius 1 is 1.00 bits per heavy atom. The molecule has 10 nitrogen and oxygen atoms in total. The lowest BCUT2D eigenvalue weighted by Gasteiger charge is -2.40. The number of alkyl carbamates (subject to hydrolysis) is 1. The Hall–Kier alpha value is -2.38. The molecule has 2 aliphatic carbocycles. The van der Waals surface area contributed by atoms with Gasteiger partial charge in [-0.05, 0) is 108 Å². The van der Waals surface area contributed by atoms with E-state index in [9.17, 15) is 14.9 Å². The number of piperidine rings is 1. The number of morpholine rings is 1. The van der Waals surface area contributed by atoms with Crippen molar-refractivity contribution < 1.29 is 19.1 Å². The highest BCUT2D eigenvalue weighted by molar-refractivity contribution is 5.96. The number of carbonyl (C=O) groups is 2. The van der Waals surface area contributed by atoms with Crippen molar-refractivity contribution in [3.8, 4) is 6.07 Å². The van der Waals surface area contributed by atoms with Crippen LogP contribution >= 0.6 is 0 Å². The van der Waals surface area contributed by atoms with Gasteiger partial charge in [0.15, 0.2) is 0 Å². The Labute approximate surface area is 252 Å². The number of nitrogens with zero attached hydrogens (tertiary/aromatic N) is 4. The maximum Gasteiger partial charge on any atom is 0.413 e. The molecule has 4 fully saturated rings. The molecule has 4 rings (SSSR count). The van der Waals surface area contributed by atoms with E-state index in [2.05, 4.69) is 42.5 Å². The summed E-state index contributed by atoms with van der Waals surface area (Å²) in [5.41, 5.74) is -0.416. The molecule has 0 aromatic heterocycles. The summed E-state index contributed by atoms with van der Waals surface area (Å²) < 4.78 is 11.2. The van der Waals surface area contributed by atoms with Gasteiger partial charge in [-0.25, -0.2) is 9.79 Å². The van der Waals surface area contributed by atoms with E-state index in [-0.39, 0.29) is 5.91 Å². The Balaban J connectivity index is 1.50. The largest absolute Gasteiger partial charge is 0.449 e. The zero-order valence-electron chi connectivity index (χ0n) is 26.3. The minimum absolute atomic E-state index is 0.214. The molecule has 2 saturated carbocycles. The third-order valence-corrected chi connectivity index (χ3v) is 10.6. The van der Waals surface area contributed by atoms with Gasteiger partial charge >= 0.3 is 6.09 Å². The molecule has 2 saturated heterocycles. The van der Waals surface area contributed by atoms with Crippen LogP contribution in [-0.2, 0) is 14.3 Å². The van der Waals surface area contributed by atoms with Crippen LogP contribution in [-0.4, -0.2) is 92.4 Å². The average Bonchev–Trinajstić information content (AvgIpc) is 3.49. The zero-order chi connectivity index (χ0) is 30.0. The molecule has 2 aliphatic heterocycles. The first-order valence-electron chi connectivity index (χ1n) is 16.6. The minimum Gasteiger partial charge on any atom is -0.449 e. The number of hydrogen-bond donors (Lipinski definition) is 2. The van der Waals surface area contributed by atoms with Crippen molar-refractivity contribution >= 4 is 18.0 Å². The molecule has 2 N–H and O–H groups in total. The third kappa shape index (κ3) is 8.82. The van der Waals surface area contributed by atoms with Gasteiger partial charge in [0, 0.05) is 13.1 Å². The van der Waals surface area contributed by atoms with Gasteiger partial charge in [0.05, 0.1) is 25.9 Å². The number of ether oxygens (including phenoxy) is 2. The Bertz CT molecular complexity index is 947. The standard InChI is InChI=1S/C32H54N6O4/c1-4-31(5-2)14-8-25(9-15-31)22-27(28(39)36-32(24-33)12-6-7-13-32)34-29(38-18-20-41-21-19-38)35-30(40)42-23-26-10-16-37(3)17-11-26/h25-27H,4-23H2,1-3H3,(H,36,39)(H,34,35,40). The minimum atomic E-state index is -0.823. The zero-order valence-corrected chi connectivity index (χ0v) is 26.3. The fourth-order valence-corrected chi connectivity index (χ4v) is 7.24. The molecule has 10 heteroatoms. The van der Waals surface area contributed by atoms with Crippen LogP contribution in [0.25, 0.3) is 0 Å². The van der Waals surface area contributed by atoms with Crippen molar-refractivity contribution in [2.45, 2.75) is 109 Å². The van der Waals surface area contributed by atoms with E-state index in [4.69, 9.17) is 14.5 Å². The fourth-order valence-electron chi connectivity index (χ4n) is 7.24. The first kappa shape index (κ1) is 32.5. The van der Waals surface area contributed by atoms with Crippen molar-refractivity contribution in [2.75, 3.05) is 53.0 Å². The number of nitriles is 1. The van der Waals surface area contributed by atoms with Crippen molar-refractivity contribution in [1.29, 1.82) is 5.26 Å². The van der Waals surface area contributed by atoms with Crippen LogP contribution in [0, 0.1) is 28.6 Å². The highest BCUT2D eigenvalue weighted by atomic mass is 16.5. The van der Waals surface area contributed by atoms with Crippen LogP contribution in [0.1, 0.15) is 97.3 Å². The van der Waals surface area contributed by atoms with Crippen molar-refractivity contribution in [3.63, 3.8) is 0 Å². The molecule has 42 heavy (non-hydrogen) atoms. The lowest BCUT2D eigenvalue weighted by Crippen LogP contribution is -2.52. The number of nitrogens with one attached hydrogen (secondary N) is 2. The second kappa shape index (κ2) is 15.4. The normalized spacial score (nSPS) is 24.5. The molecule has 236 valence electrons. The van der Waals surface area contributed by atoms with Crippen LogP contribution < -0.4 is 10.6 Å². The lowest BCUT2D eigenvalue weighted by molar-refractivity contribution is -0.124. The number of amides is 2. The van der Waals surface area contributed by atoms with Crippen molar-refractivity contribution in [3.05, 3.63) is 0 Å². The summed E-state index contributed by atoms with van der Waals surface area (Å²) in [6.07, 6.45) is 12.2. The topological polar surface area (TPSA) is 119 Å². The van der Waals surface area contributed by atoms with E-state index in [0.29, 0.717) is 75.4 Å². The van der Waals surface area contributed by atoms with Gasteiger partial charge in [0.25, 0.3) is 0 Å². The van der Waals surface area contributed by atoms with Gasteiger partial charge in [-0.1, -0.05) is 26.7 Å². The first-order chi connectivity index (χ1) is 20.3. The van der Waals surface area contributed by atoms with Crippen LogP contribution in [0.3, 0.4) is 0 Å². The molecule has 2 amide bonds. The number of aliphatic imine (C=N–C) groups is 1. The molecule has 0 aromatic rings. The summed E-state index contributed by atoms with van der Waals surface area (Å²) in [4.78, 5) is 36.2. The lowest BCUT2D eigenvalue weighted by atomic mass is 9.66. The molecule has 1 unspecified atom stereocenters. The smallest absolute Gasteiger partial charge is 0.413 e. The van der Waals surface area contributed by atoms with Gasteiger partial charge in [-0.2, -0.15) is 5.26 Å². The summed E-state index contributed by atoms with van der Waals surface area (Å²) in [5, 5.41) is 16.0. The van der Waals surface area contributed by atoms with Gasteiger partial charge in [0.2, 0.25) is 11.9 Å². The maximum atomic E-state index is 13.9. The average molecular weight is 587 g/mol. The van der Waals surface area contributed by atoms with E-state index in [0.717, 1.165) is 51.6 Å². The van der Waals surface area contributed by atoms with E-state index >= 15 is 0 Å². The highest BCUT2D eigenvalue weighted by Gasteiger charge is 2.39. The molecule has 0 bridgehead atoms. The molecule has 2 heterocycles. The summed E-state index contributed by atoms with van der Waals surface area (Å²) in [6, 6.07) is 1.70. The highest BCUT2D eigenvalue weighted by Crippen LogP contribution is 2.45. The molecular weight excluding hydrogens is 532 g/mol. The third-order valence-electron chi connectivity index (χ3n) is 10.6. The summed E-state index contributed by atoms with van der Waals surface area (Å²) in [5.74, 6) is 0.886. The van der Waals surface area contributed by atoms with E-state index in [1.807, 2.05) is 4.90 Å². The van der Waals surface area contributed by atoms with Crippen molar-refractivity contribution in [2.24, 2.45) is 22.2 Å². The van der Waals surface area contributed by atoms with Crippen LogP contribution in [0.5, 0.6) is 0 Å². The second-order valence-corrected chi connectivity index (χ2v) is 13.3. The predicted octanol–water partition coefficient (Wildman–Crippen LogP) is 4.45. The quantitative estimate of drug-likeness (QED) is 0.303. The summed E-state index contributed by atoms with van der Waals surface area (Å²) in [7, 11) is 2.11. The van der Waals surface area contributed by atoms with Crippen molar-refractivity contribution in [1.82, 2.24) is 20.4 Å². The van der Waals surface area contributed by atoms with E-state index in [1.165, 1.54) is 25.7 Å². The molecular formula is C32H54N6O4.